The van der Waals surface area contributed by atoms with Crippen LogP contribution < -0.4 is 10.4 Å². The molecule has 1 saturated heterocycles. The number of piperidine rings is 1. The number of ketones is 1. The molecule has 0 unspecified atom stereocenters. The van der Waals surface area contributed by atoms with Crippen molar-refractivity contribution in [1.82, 2.24) is 9.58 Å². The molecule has 2 aromatic rings. The number of hydrogen-bond donors (Lipinski definition) is 1. The van der Waals surface area contributed by atoms with Gasteiger partial charge in [0.05, 0.1) is 5.56 Å². The van der Waals surface area contributed by atoms with Gasteiger partial charge in [-0.1, -0.05) is 0 Å². The van der Waals surface area contributed by atoms with Gasteiger partial charge in [-0.3, -0.25) is 24.1 Å². The number of aryl methyl sites for hydroxylation is 1. The highest BCUT2D eigenvalue weighted by molar-refractivity contribution is 6.00. The fourth-order valence-corrected chi connectivity index (χ4v) is 4.46. The van der Waals surface area contributed by atoms with E-state index in [1.807, 2.05) is 11.9 Å². The van der Waals surface area contributed by atoms with Gasteiger partial charge in [-0.15, -0.1) is 0 Å². The Hall–Kier alpha value is -3.30. The third-order valence-corrected chi connectivity index (χ3v) is 6.04. The fraction of sp³-hybridized carbons (Fsp3) is 0.409. The summed E-state index contributed by atoms with van der Waals surface area (Å²) in [5.41, 5.74) is -1.91. The lowest BCUT2D eigenvalue weighted by atomic mass is 10.0. The standard InChI is InChI=1S/C22H22F3N3O4/c1-2-26-17-5-3-4-8-27(17)28-11-14(20(30)21(31)19(28)22(26)32)16(29)7-6-12-9-13(23)10-15(24)18(12)25/h9-11,17,31H,2-8H2,1H3/t17-/m0/s1. The number of aromatic nitrogens is 1. The first-order valence-electron chi connectivity index (χ1n) is 10.5. The van der Waals surface area contributed by atoms with Crippen molar-refractivity contribution in [3.05, 3.63) is 62.8 Å². The van der Waals surface area contributed by atoms with Crippen molar-refractivity contribution >= 4 is 11.7 Å². The second-order valence-electron chi connectivity index (χ2n) is 7.93. The molecule has 2 aliphatic heterocycles. The second kappa shape index (κ2) is 8.33. The molecule has 2 aliphatic rings. The molecule has 7 nitrogen and oxygen atoms in total. The highest BCUT2D eigenvalue weighted by atomic mass is 19.2. The predicted molar refractivity (Wildman–Crippen MR) is 109 cm³/mol. The van der Waals surface area contributed by atoms with Crippen LogP contribution in [0.25, 0.3) is 0 Å². The normalized spacial score (nSPS) is 17.9. The van der Waals surface area contributed by atoms with Crippen LogP contribution in [0.3, 0.4) is 0 Å². The van der Waals surface area contributed by atoms with E-state index in [0.29, 0.717) is 25.6 Å². The molecule has 1 fully saturated rings. The Kier molecular flexibility index (Phi) is 5.70. The van der Waals surface area contributed by atoms with Gasteiger partial charge in [-0.25, -0.2) is 13.2 Å². The summed E-state index contributed by atoms with van der Waals surface area (Å²) in [6.45, 7) is 2.76. The van der Waals surface area contributed by atoms with E-state index in [0.717, 1.165) is 18.9 Å². The lowest BCUT2D eigenvalue weighted by molar-refractivity contribution is 0.0534. The summed E-state index contributed by atoms with van der Waals surface area (Å²) in [5.74, 6) is -5.66. The minimum atomic E-state index is -1.37. The van der Waals surface area contributed by atoms with Crippen LogP contribution in [0.4, 0.5) is 13.2 Å². The van der Waals surface area contributed by atoms with Crippen molar-refractivity contribution in [1.29, 1.82) is 0 Å². The Balaban J connectivity index is 1.70. The van der Waals surface area contributed by atoms with E-state index in [2.05, 4.69) is 0 Å². The van der Waals surface area contributed by atoms with E-state index >= 15 is 0 Å². The maximum absolute atomic E-state index is 13.9. The zero-order valence-corrected chi connectivity index (χ0v) is 17.4. The quantitative estimate of drug-likeness (QED) is 0.561. The molecule has 0 radical (unpaired) electrons. The molecule has 1 aromatic carbocycles. The van der Waals surface area contributed by atoms with Gasteiger partial charge >= 0.3 is 0 Å². The number of Topliss-reactive ketones (excluding diaryl/α,β-unsaturated/α-hetero) is 1. The van der Waals surface area contributed by atoms with E-state index in [-0.39, 0.29) is 29.4 Å². The number of fused-ring (bicyclic) bond motifs is 3. The fourth-order valence-electron chi connectivity index (χ4n) is 4.46. The van der Waals surface area contributed by atoms with Crippen LogP contribution in [0.1, 0.15) is 59.0 Å². The molecule has 32 heavy (non-hydrogen) atoms. The third kappa shape index (κ3) is 3.53. The van der Waals surface area contributed by atoms with Gasteiger partial charge in [0.15, 0.2) is 28.9 Å². The Bertz CT molecular complexity index is 1160. The summed E-state index contributed by atoms with van der Waals surface area (Å²) in [6, 6.07) is 1.19. The van der Waals surface area contributed by atoms with E-state index in [1.54, 1.807) is 4.90 Å². The lowest BCUT2D eigenvalue weighted by Crippen LogP contribution is -2.63. The highest BCUT2D eigenvalue weighted by Crippen LogP contribution is 2.29. The molecular weight excluding hydrogens is 427 g/mol. The van der Waals surface area contributed by atoms with Gasteiger partial charge in [0.25, 0.3) is 5.91 Å². The van der Waals surface area contributed by atoms with E-state index < -0.39 is 46.7 Å². The van der Waals surface area contributed by atoms with Crippen LogP contribution in [0.5, 0.6) is 5.75 Å². The van der Waals surface area contributed by atoms with Gasteiger partial charge in [0, 0.05) is 31.8 Å². The Morgan fingerprint density at radius 1 is 1.19 bits per heavy atom. The monoisotopic (exact) mass is 449 g/mol. The van der Waals surface area contributed by atoms with E-state index in [1.165, 1.54) is 10.9 Å². The zero-order chi connectivity index (χ0) is 23.2. The first kappa shape index (κ1) is 21.9. The first-order chi connectivity index (χ1) is 15.2. The number of nitrogens with zero attached hydrogens (tertiary/aromatic N) is 3. The summed E-state index contributed by atoms with van der Waals surface area (Å²) in [6.07, 6.45) is 2.67. The molecule has 10 heteroatoms. The van der Waals surface area contributed by atoms with Gasteiger partial charge in [-0.2, -0.15) is 0 Å². The van der Waals surface area contributed by atoms with Gasteiger partial charge in [0.1, 0.15) is 12.0 Å². The minimum absolute atomic E-state index is 0.204. The number of amides is 1. The zero-order valence-electron chi connectivity index (χ0n) is 17.4. The molecule has 4 rings (SSSR count). The van der Waals surface area contributed by atoms with Crippen molar-refractivity contribution in [2.75, 3.05) is 18.1 Å². The van der Waals surface area contributed by atoms with Crippen molar-refractivity contribution in [2.45, 2.75) is 45.2 Å². The highest BCUT2D eigenvalue weighted by Gasteiger charge is 2.40. The van der Waals surface area contributed by atoms with Crippen LogP contribution in [0.15, 0.2) is 23.1 Å². The average Bonchev–Trinajstić information content (AvgIpc) is 2.77. The number of benzene rings is 1. The molecule has 3 heterocycles. The summed E-state index contributed by atoms with van der Waals surface area (Å²) in [5, 5.41) is 12.4. The summed E-state index contributed by atoms with van der Waals surface area (Å²) < 4.78 is 42.1. The van der Waals surface area contributed by atoms with E-state index in [9.17, 15) is 32.7 Å². The molecule has 1 atom stereocenters. The van der Waals surface area contributed by atoms with Crippen molar-refractivity contribution in [3.8, 4) is 5.75 Å². The molecule has 0 bridgehead atoms. The molecule has 0 aliphatic carbocycles. The van der Waals surface area contributed by atoms with Crippen LogP contribution in [0.2, 0.25) is 0 Å². The summed E-state index contributed by atoms with van der Waals surface area (Å²) in [4.78, 5) is 40.0. The molecule has 1 N–H and O–H groups in total. The first-order valence-corrected chi connectivity index (χ1v) is 10.5. The number of carbonyl (C=O) groups excluding carboxylic acids is 2. The second-order valence-corrected chi connectivity index (χ2v) is 7.93. The van der Waals surface area contributed by atoms with Crippen LogP contribution in [-0.2, 0) is 6.42 Å². The smallest absolute Gasteiger partial charge is 0.278 e. The lowest BCUT2D eigenvalue weighted by Gasteiger charge is -2.48. The van der Waals surface area contributed by atoms with Gasteiger partial charge in [-0.05, 0) is 44.2 Å². The van der Waals surface area contributed by atoms with Gasteiger partial charge in [0.2, 0.25) is 5.43 Å². The van der Waals surface area contributed by atoms with Gasteiger partial charge < -0.3 is 10.0 Å². The molecule has 170 valence electrons. The molecule has 1 amide bonds. The van der Waals surface area contributed by atoms with Crippen LogP contribution in [0, 0.1) is 17.5 Å². The van der Waals surface area contributed by atoms with Crippen LogP contribution in [-0.4, -0.2) is 45.6 Å². The predicted octanol–water partition coefficient (Wildman–Crippen LogP) is 2.71. The Morgan fingerprint density at radius 2 is 1.94 bits per heavy atom. The Labute approximate surface area is 181 Å². The molecule has 0 spiro atoms. The SMILES string of the molecule is CCN1C(=O)c2c(O)c(=O)c(C(=O)CCc3cc(F)cc(F)c3F)cn2N2CCCC[C@@H]12. The number of rotatable bonds is 5. The van der Waals surface area contributed by atoms with Crippen molar-refractivity contribution < 1.29 is 27.9 Å². The minimum Gasteiger partial charge on any atom is -0.502 e. The maximum atomic E-state index is 13.9. The largest absolute Gasteiger partial charge is 0.502 e. The number of hydrogen-bond acceptors (Lipinski definition) is 5. The summed E-state index contributed by atoms with van der Waals surface area (Å²) in [7, 11) is 0. The third-order valence-electron chi connectivity index (χ3n) is 6.04. The topological polar surface area (TPSA) is 82.9 Å². The number of aromatic hydroxyl groups is 1. The Morgan fingerprint density at radius 3 is 2.66 bits per heavy atom. The van der Waals surface area contributed by atoms with Crippen molar-refractivity contribution in [3.63, 3.8) is 0 Å². The van der Waals surface area contributed by atoms with E-state index in [4.69, 9.17) is 0 Å². The molecule has 0 saturated carbocycles. The number of carbonyl (C=O) groups is 2. The van der Waals surface area contributed by atoms with Crippen molar-refractivity contribution in [2.24, 2.45) is 0 Å². The van der Waals surface area contributed by atoms with Crippen LogP contribution >= 0.6 is 0 Å². The maximum Gasteiger partial charge on any atom is 0.278 e. The summed E-state index contributed by atoms with van der Waals surface area (Å²) >= 11 is 0. The average molecular weight is 449 g/mol. The molecular formula is C22H22F3N3O4. The number of halogens is 3. The number of pyridine rings is 1. The molecule has 1 aromatic heterocycles.